The number of aromatic nitrogens is 7. The lowest BCUT2D eigenvalue weighted by Gasteiger charge is -2.13. The SMILES string of the molecule is COc1ncnc(C2CC2)c1-c1ncnc(NCc2ccc(-c3nc(C(F)(F)F)cn3C(C)C)c(F)c2)n1. The van der Waals surface area contributed by atoms with Crippen LogP contribution in [0.4, 0.5) is 23.5 Å². The summed E-state index contributed by atoms with van der Waals surface area (Å²) in [5.41, 5.74) is 0.870. The minimum absolute atomic E-state index is 0.0239. The minimum Gasteiger partial charge on any atom is -0.480 e. The van der Waals surface area contributed by atoms with Gasteiger partial charge in [0.1, 0.15) is 29.9 Å². The summed E-state index contributed by atoms with van der Waals surface area (Å²) in [6, 6.07) is 3.93. The van der Waals surface area contributed by atoms with Gasteiger partial charge in [0.05, 0.1) is 18.4 Å². The third kappa shape index (κ3) is 5.13. The number of nitrogens with zero attached hydrogens (tertiary/aromatic N) is 7. The summed E-state index contributed by atoms with van der Waals surface area (Å²) in [5.74, 6) is 0.487. The Balaban J connectivity index is 1.37. The Morgan fingerprint density at radius 3 is 2.50 bits per heavy atom. The molecule has 198 valence electrons. The van der Waals surface area contributed by atoms with Crippen LogP contribution in [0.1, 0.15) is 55.6 Å². The lowest BCUT2D eigenvalue weighted by molar-refractivity contribution is -0.140. The number of methoxy groups -OCH3 is 1. The van der Waals surface area contributed by atoms with Crippen LogP contribution in [0.25, 0.3) is 22.8 Å². The lowest BCUT2D eigenvalue weighted by atomic mass is 10.1. The summed E-state index contributed by atoms with van der Waals surface area (Å²) in [5, 5.41) is 3.03. The average molecular weight is 529 g/mol. The van der Waals surface area contributed by atoms with Crippen LogP contribution in [0.2, 0.25) is 0 Å². The molecule has 0 aliphatic heterocycles. The molecule has 1 N–H and O–H groups in total. The number of anilines is 1. The molecule has 0 amide bonds. The third-order valence-electron chi connectivity index (χ3n) is 6.10. The Bertz CT molecular complexity index is 1470. The predicted octanol–water partition coefficient (Wildman–Crippen LogP) is 5.43. The monoisotopic (exact) mass is 528 g/mol. The van der Waals surface area contributed by atoms with Crippen molar-refractivity contribution in [3.8, 4) is 28.7 Å². The summed E-state index contributed by atoms with van der Waals surface area (Å²) in [4.78, 5) is 25.1. The topological polar surface area (TPSA) is 104 Å². The van der Waals surface area contributed by atoms with Gasteiger partial charge in [-0.3, -0.25) is 0 Å². The molecule has 1 fully saturated rings. The van der Waals surface area contributed by atoms with Crippen molar-refractivity contribution < 1.29 is 22.3 Å². The second-order valence-corrected chi connectivity index (χ2v) is 9.17. The molecule has 1 aromatic carbocycles. The number of hydrogen-bond acceptors (Lipinski definition) is 8. The molecule has 1 aliphatic rings. The van der Waals surface area contributed by atoms with Crippen LogP contribution in [0.15, 0.2) is 37.1 Å². The van der Waals surface area contributed by atoms with Crippen LogP contribution in [-0.2, 0) is 12.7 Å². The second-order valence-electron chi connectivity index (χ2n) is 9.17. The molecular weight excluding hydrogens is 504 g/mol. The van der Waals surface area contributed by atoms with Crippen LogP contribution in [0, 0.1) is 5.82 Å². The summed E-state index contributed by atoms with van der Waals surface area (Å²) >= 11 is 0. The molecule has 0 spiro atoms. The highest BCUT2D eigenvalue weighted by Gasteiger charge is 2.35. The summed E-state index contributed by atoms with van der Waals surface area (Å²) in [6.45, 7) is 3.56. The lowest BCUT2D eigenvalue weighted by Crippen LogP contribution is -2.08. The predicted molar refractivity (Wildman–Crippen MR) is 130 cm³/mol. The Labute approximate surface area is 215 Å². The molecule has 0 unspecified atom stereocenters. The largest absolute Gasteiger partial charge is 0.480 e. The smallest absolute Gasteiger partial charge is 0.434 e. The first-order valence-electron chi connectivity index (χ1n) is 11.9. The van der Waals surface area contributed by atoms with Gasteiger partial charge in [-0.2, -0.15) is 18.2 Å². The average Bonchev–Trinajstić information content (AvgIpc) is 3.63. The van der Waals surface area contributed by atoms with E-state index in [9.17, 15) is 13.2 Å². The third-order valence-corrected chi connectivity index (χ3v) is 6.10. The van der Waals surface area contributed by atoms with Gasteiger partial charge in [-0.1, -0.05) is 6.07 Å². The zero-order valence-corrected chi connectivity index (χ0v) is 20.8. The van der Waals surface area contributed by atoms with E-state index in [1.807, 2.05) is 0 Å². The molecule has 0 atom stereocenters. The van der Waals surface area contributed by atoms with Crippen molar-refractivity contribution in [3.63, 3.8) is 0 Å². The van der Waals surface area contributed by atoms with Gasteiger partial charge < -0.3 is 14.6 Å². The van der Waals surface area contributed by atoms with Crippen LogP contribution in [0.5, 0.6) is 5.88 Å². The molecule has 1 saturated carbocycles. The quantitative estimate of drug-likeness (QED) is 0.302. The maximum atomic E-state index is 15.1. The van der Waals surface area contributed by atoms with E-state index in [4.69, 9.17) is 4.74 Å². The molecule has 4 aromatic rings. The van der Waals surface area contributed by atoms with E-state index in [-0.39, 0.29) is 29.9 Å². The van der Waals surface area contributed by atoms with Gasteiger partial charge in [-0.15, -0.1) is 0 Å². The van der Waals surface area contributed by atoms with Crippen LogP contribution in [0.3, 0.4) is 0 Å². The maximum absolute atomic E-state index is 15.1. The molecule has 5 rings (SSSR count). The van der Waals surface area contributed by atoms with E-state index in [0.717, 1.165) is 24.7 Å². The molecule has 1 aliphatic carbocycles. The maximum Gasteiger partial charge on any atom is 0.434 e. The van der Waals surface area contributed by atoms with Crippen LogP contribution < -0.4 is 10.1 Å². The number of hydrogen-bond donors (Lipinski definition) is 1. The zero-order valence-electron chi connectivity index (χ0n) is 20.8. The fourth-order valence-electron chi connectivity index (χ4n) is 4.07. The Kier molecular flexibility index (Phi) is 6.67. The molecule has 0 bridgehead atoms. The highest BCUT2D eigenvalue weighted by atomic mass is 19.4. The van der Waals surface area contributed by atoms with Crippen molar-refractivity contribution in [3.05, 3.63) is 59.8 Å². The fraction of sp³-hybridized carbons (Fsp3) is 0.360. The normalized spacial score (nSPS) is 13.7. The first-order valence-corrected chi connectivity index (χ1v) is 11.9. The highest BCUT2D eigenvalue weighted by Crippen LogP contribution is 2.44. The fourth-order valence-corrected chi connectivity index (χ4v) is 4.07. The van der Waals surface area contributed by atoms with Crippen LogP contribution in [-0.4, -0.2) is 41.6 Å². The van der Waals surface area contributed by atoms with E-state index < -0.39 is 17.7 Å². The first kappa shape index (κ1) is 25.5. The minimum atomic E-state index is -4.63. The molecule has 0 radical (unpaired) electrons. The number of ether oxygens (including phenoxy) is 1. The summed E-state index contributed by atoms with van der Waals surface area (Å²) in [7, 11) is 1.51. The molecular formula is C25H24F4N8O. The van der Waals surface area contributed by atoms with Gasteiger partial charge in [-0.25, -0.2) is 29.3 Å². The summed E-state index contributed by atoms with van der Waals surface area (Å²) < 4.78 is 61.5. The number of alkyl halides is 3. The van der Waals surface area contributed by atoms with Gasteiger partial charge in [-0.05, 0) is 44.4 Å². The Hall–Kier alpha value is -4.16. The molecule has 13 heteroatoms. The number of benzene rings is 1. The Morgan fingerprint density at radius 2 is 1.84 bits per heavy atom. The van der Waals surface area contributed by atoms with Crippen molar-refractivity contribution in [1.29, 1.82) is 0 Å². The van der Waals surface area contributed by atoms with Crippen molar-refractivity contribution in [2.45, 2.75) is 51.4 Å². The first-order chi connectivity index (χ1) is 18.2. The van der Waals surface area contributed by atoms with E-state index in [1.54, 1.807) is 19.9 Å². The van der Waals surface area contributed by atoms with E-state index in [2.05, 4.69) is 35.2 Å². The van der Waals surface area contributed by atoms with E-state index in [0.29, 0.717) is 28.7 Å². The number of imidazole rings is 1. The number of nitrogens with one attached hydrogen (secondary N) is 1. The van der Waals surface area contributed by atoms with Gasteiger partial charge in [0.25, 0.3) is 0 Å². The molecule has 0 saturated heterocycles. The number of rotatable bonds is 8. The van der Waals surface area contributed by atoms with Gasteiger partial charge >= 0.3 is 6.18 Å². The Morgan fingerprint density at radius 1 is 1.08 bits per heavy atom. The molecule has 3 heterocycles. The number of halogens is 4. The van der Waals surface area contributed by atoms with Crippen molar-refractivity contribution in [2.75, 3.05) is 12.4 Å². The van der Waals surface area contributed by atoms with E-state index >= 15 is 4.39 Å². The standard InChI is InChI=1S/C25H24F4N8O/c1-13(2)37-10-18(25(27,28)29)35-22(37)16-7-4-14(8-17(16)26)9-30-24-34-12-32-21(36-24)19-20(15-5-6-15)31-11-33-23(19)38-3/h4,7-8,10-13,15H,5-6,9H2,1-3H3,(H,30,32,34,36). The van der Waals surface area contributed by atoms with Crippen molar-refractivity contribution in [2.24, 2.45) is 0 Å². The summed E-state index contributed by atoms with van der Waals surface area (Å²) in [6.07, 6.45) is 1.09. The zero-order chi connectivity index (χ0) is 27.0. The highest BCUT2D eigenvalue weighted by molar-refractivity contribution is 5.66. The van der Waals surface area contributed by atoms with Crippen molar-refractivity contribution in [1.82, 2.24) is 34.5 Å². The van der Waals surface area contributed by atoms with Gasteiger partial charge in [0.15, 0.2) is 11.5 Å². The second kappa shape index (κ2) is 9.95. The van der Waals surface area contributed by atoms with Gasteiger partial charge in [0, 0.05) is 24.7 Å². The molecule has 38 heavy (non-hydrogen) atoms. The van der Waals surface area contributed by atoms with Gasteiger partial charge in [0.2, 0.25) is 11.8 Å². The van der Waals surface area contributed by atoms with Crippen molar-refractivity contribution >= 4 is 5.95 Å². The van der Waals surface area contributed by atoms with Crippen LogP contribution >= 0.6 is 0 Å². The molecule has 3 aromatic heterocycles. The molecule has 9 nitrogen and oxygen atoms in total. The van der Waals surface area contributed by atoms with E-state index in [1.165, 1.54) is 36.5 Å².